The summed E-state index contributed by atoms with van der Waals surface area (Å²) < 4.78 is 12.7. The number of hydrogen-bond donors (Lipinski definition) is 1. The third kappa shape index (κ3) is 4.30. The predicted octanol–water partition coefficient (Wildman–Crippen LogP) is 3.55. The molecule has 8 nitrogen and oxygen atoms in total. The van der Waals surface area contributed by atoms with E-state index in [1.807, 2.05) is 49.4 Å². The van der Waals surface area contributed by atoms with Crippen molar-refractivity contribution in [2.24, 2.45) is 7.05 Å². The minimum Gasteiger partial charge on any atom is -0.493 e. The largest absolute Gasteiger partial charge is 0.493 e. The molecule has 0 fully saturated rings. The zero-order chi connectivity index (χ0) is 22.7. The van der Waals surface area contributed by atoms with Gasteiger partial charge in [-0.05, 0) is 36.2 Å². The summed E-state index contributed by atoms with van der Waals surface area (Å²) in [7, 11) is 3.35. The van der Waals surface area contributed by atoms with Crippen LogP contribution in [0.1, 0.15) is 40.9 Å². The van der Waals surface area contributed by atoms with Crippen LogP contribution in [0.2, 0.25) is 0 Å². The van der Waals surface area contributed by atoms with Crippen molar-refractivity contribution in [3.05, 3.63) is 71.4 Å². The van der Waals surface area contributed by atoms with E-state index in [2.05, 4.69) is 10.4 Å². The highest BCUT2D eigenvalue weighted by atomic mass is 16.5. The molecule has 8 heteroatoms. The minimum atomic E-state index is -0.483. The van der Waals surface area contributed by atoms with Crippen LogP contribution in [0.4, 0.5) is 5.82 Å². The van der Waals surface area contributed by atoms with Gasteiger partial charge in [-0.15, -0.1) is 0 Å². The van der Waals surface area contributed by atoms with Crippen LogP contribution in [0.15, 0.2) is 54.7 Å². The first kappa shape index (κ1) is 21.4. The Labute approximate surface area is 186 Å². The van der Waals surface area contributed by atoms with Gasteiger partial charge in [0.05, 0.1) is 26.2 Å². The Kier molecular flexibility index (Phi) is 6.11. The molecule has 0 radical (unpaired) electrons. The first-order chi connectivity index (χ1) is 15.5. The van der Waals surface area contributed by atoms with Gasteiger partial charge in [-0.2, -0.15) is 5.10 Å². The molecule has 0 spiro atoms. The van der Waals surface area contributed by atoms with Crippen LogP contribution in [0.3, 0.4) is 0 Å². The molecule has 3 aromatic rings. The zero-order valence-corrected chi connectivity index (χ0v) is 18.4. The first-order valence-electron chi connectivity index (χ1n) is 10.5. The van der Waals surface area contributed by atoms with Crippen molar-refractivity contribution in [3.63, 3.8) is 0 Å². The number of methoxy groups -OCH3 is 1. The Morgan fingerprint density at radius 2 is 2.00 bits per heavy atom. The second-order valence-corrected chi connectivity index (χ2v) is 7.58. The summed E-state index contributed by atoms with van der Waals surface area (Å²) in [6, 6.07) is 14.3. The van der Waals surface area contributed by atoms with E-state index in [9.17, 15) is 9.59 Å². The Bertz CT molecular complexity index is 1140. The molecule has 0 saturated carbocycles. The molecule has 1 N–H and O–H groups in total. The van der Waals surface area contributed by atoms with Gasteiger partial charge in [-0.3, -0.25) is 14.3 Å². The second kappa shape index (κ2) is 9.13. The maximum atomic E-state index is 13.2. The highest BCUT2D eigenvalue weighted by Crippen LogP contribution is 2.37. The number of anilines is 1. The Morgan fingerprint density at radius 1 is 1.19 bits per heavy atom. The van der Waals surface area contributed by atoms with E-state index in [0.29, 0.717) is 36.0 Å². The highest BCUT2D eigenvalue weighted by Gasteiger charge is 2.35. The molecule has 2 amide bonds. The SMILES string of the molecule is CCOc1ccc(C(CC(=O)Nc2ccn(C)n2)N2Cc3ccccc3C2=O)cc1OC. The van der Waals surface area contributed by atoms with Gasteiger partial charge >= 0.3 is 0 Å². The van der Waals surface area contributed by atoms with Gasteiger partial charge < -0.3 is 19.7 Å². The van der Waals surface area contributed by atoms with Crippen molar-refractivity contribution < 1.29 is 19.1 Å². The number of hydrogen-bond acceptors (Lipinski definition) is 5. The Morgan fingerprint density at radius 3 is 2.69 bits per heavy atom. The summed E-state index contributed by atoms with van der Waals surface area (Å²) >= 11 is 0. The standard InChI is InChI=1S/C24H26N4O4/c1-4-32-20-10-9-16(13-21(20)31-3)19(14-23(29)25-22-11-12-27(2)26-22)28-15-17-7-5-6-8-18(17)24(28)30/h5-13,19H,4,14-15H2,1-3H3,(H,25,26,29). The van der Waals surface area contributed by atoms with E-state index in [-0.39, 0.29) is 18.2 Å². The van der Waals surface area contributed by atoms with Crippen LogP contribution in [-0.2, 0) is 18.4 Å². The number of carbonyl (C=O) groups excluding carboxylic acids is 2. The molecular weight excluding hydrogens is 408 g/mol. The van der Waals surface area contributed by atoms with Crippen LogP contribution >= 0.6 is 0 Å². The van der Waals surface area contributed by atoms with Crippen molar-refractivity contribution >= 4 is 17.6 Å². The average Bonchev–Trinajstić information content (AvgIpc) is 3.35. The maximum Gasteiger partial charge on any atom is 0.255 e. The van der Waals surface area contributed by atoms with Gasteiger partial charge in [0, 0.05) is 31.4 Å². The van der Waals surface area contributed by atoms with Crippen LogP contribution in [0, 0.1) is 0 Å². The summed E-state index contributed by atoms with van der Waals surface area (Å²) in [5.41, 5.74) is 2.41. The summed E-state index contributed by atoms with van der Waals surface area (Å²) in [6.45, 7) is 2.84. The molecule has 1 atom stereocenters. The molecule has 4 rings (SSSR count). The topological polar surface area (TPSA) is 85.7 Å². The van der Waals surface area contributed by atoms with Crippen LogP contribution < -0.4 is 14.8 Å². The van der Waals surface area contributed by atoms with Crippen LogP contribution in [0.5, 0.6) is 11.5 Å². The number of fused-ring (bicyclic) bond motifs is 1. The number of ether oxygens (including phenoxy) is 2. The number of rotatable bonds is 8. The summed E-state index contributed by atoms with van der Waals surface area (Å²) in [5.74, 6) is 1.32. The molecule has 0 aliphatic carbocycles. The normalized spacial score (nSPS) is 13.6. The van der Waals surface area contributed by atoms with E-state index in [0.717, 1.165) is 11.1 Å². The average molecular weight is 434 g/mol. The summed E-state index contributed by atoms with van der Waals surface area (Å²) in [6.07, 6.45) is 1.83. The lowest BCUT2D eigenvalue weighted by molar-refractivity contribution is -0.117. The molecule has 1 aliphatic heterocycles. The number of benzene rings is 2. The molecule has 32 heavy (non-hydrogen) atoms. The Balaban J connectivity index is 1.65. The molecule has 1 unspecified atom stereocenters. The predicted molar refractivity (Wildman–Crippen MR) is 120 cm³/mol. The number of aromatic nitrogens is 2. The number of nitrogens with zero attached hydrogens (tertiary/aromatic N) is 3. The van der Waals surface area contributed by atoms with E-state index in [1.165, 1.54) is 0 Å². The van der Waals surface area contributed by atoms with Crippen molar-refractivity contribution in [2.75, 3.05) is 19.0 Å². The van der Waals surface area contributed by atoms with Crippen molar-refractivity contribution in [1.29, 1.82) is 0 Å². The lowest BCUT2D eigenvalue weighted by Gasteiger charge is -2.28. The molecule has 1 aliphatic rings. The molecule has 2 heterocycles. The lowest BCUT2D eigenvalue weighted by Crippen LogP contribution is -2.32. The fraction of sp³-hybridized carbons (Fsp3) is 0.292. The van der Waals surface area contributed by atoms with Gasteiger partial charge in [0.25, 0.3) is 5.91 Å². The lowest BCUT2D eigenvalue weighted by atomic mass is 10.0. The van der Waals surface area contributed by atoms with Crippen molar-refractivity contribution in [3.8, 4) is 11.5 Å². The summed E-state index contributed by atoms with van der Waals surface area (Å²) in [5, 5.41) is 7.02. The van der Waals surface area contributed by atoms with Gasteiger partial charge in [0.2, 0.25) is 5.91 Å². The number of carbonyl (C=O) groups is 2. The van der Waals surface area contributed by atoms with Crippen LogP contribution in [-0.4, -0.2) is 40.2 Å². The zero-order valence-electron chi connectivity index (χ0n) is 18.4. The van der Waals surface area contributed by atoms with Gasteiger partial charge in [0.15, 0.2) is 17.3 Å². The monoisotopic (exact) mass is 434 g/mol. The van der Waals surface area contributed by atoms with E-state index >= 15 is 0 Å². The van der Waals surface area contributed by atoms with E-state index in [1.54, 1.807) is 36.0 Å². The van der Waals surface area contributed by atoms with Gasteiger partial charge in [-0.25, -0.2) is 0 Å². The smallest absolute Gasteiger partial charge is 0.255 e. The van der Waals surface area contributed by atoms with E-state index < -0.39 is 6.04 Å². The van der Waals surface area contributed by atoms with Gasteiger partial charge in [-0.1, -0.05) is 24.3 Å². The minimum absolute atomic E-state index is 0.0768. The number of amides is 2. The molecule has 0 bridgehead atoms. The fourth-order valence-electron chi connectivity index (χ4n) is 3.95. The number of nitrogens with one attached hydrogen (secondary N) is 1. The second-order valence-electron chi connectivity index (χ2n) is 7.58. The fourth-order valence-corrected chi connectivity index (χ4v) is 3.95. The third-order valence-electron chi connectivity index (χ3n) is 5.46. The van der Waals surface area contributed by atoms with Crippen molar-refractivity contribution in [1.82, 2.24) is 14.7 Å². The highest BCUT2D eigenvalue weighted by molar-refractivity contribution is 5.99. The van der Waals surface area contributed by atoms with Crippen LogP contribution in [0.25, 0.3) is 0 Å². The molecule has 0 saturated heterocycles. The Hall–Kier alpha value is -3.81. The van der Waals surface area contributed by atoms with Gasteiger partial charge in [0.1, 0.15) is 0 Å². The number of aryl methyl sites for hydroxylation is 1. The maximum absolute atomic E-state index is 13.2. The van der Waals surface area contributed by atoms with Crippen molar-refractivity contribution in [2.45, 2.75) is 25.9 Å². The third-order valence-corrected chi connectivity index (χ3v) is 5.46. The molecule has 166 valence electrons. The molecule has 2 aromatic carbocycles. The van der Waals surface area contributed by atoms with E-state index in [4.69, 9.17) is 9.47 Å². The quantitative estimate of drug-likeness (QED) is 0.586. The first-order valence-corrected chi connectivity index (χ1v) is 10.5. The molecule has 1 aromatic heterocycles. The summed E-state index contributed by atoms with van der Waals surface area (Å²) in [4.78, 5) is 27.8. The molecular formula is C24H26N4O4.